The summed E-state index contributed by atoms with van der Waals surface area (Å²) in [4.78, 5) is 21.4. The number of aliphatic hydroxyl groups is 1. The second-order valence-corrected chi connectivity index (χ2v) is 3.41. The smallest absolute Gasteiger partial charge is 0.391 e. The summed E-state index contributed by atoms with van der Waals surface area (Å²) < 4.78 is 35.7. The minimum atomic E-state index is -4.42. The second kappa shape index (κ2) is 6.28. The molecule has 17 heavy (non-hydrogen) atoms. The van der Waals surface area contributed by atoms with Crippen molar-refractivity contribution < 1.29 is 33.0 Å². The minimum Gasteiger partial charge on any atom is -0.480 e. The number of carboxylic acids is 1. The van der Waals surface area contributed by atoms with Crippen molar-refractivity contribution in [3.63, 3.8) is 0 Å². The van der Waals surface area contributed by atoms with Gasteiger partial charge in [0.05, 0.1) is 13.0 Å². The summed E-state index contributed by atoms with van der Waals surface area (Å²) in [5.41, 5.74) is 0. The Balaban J connectivity index is 4.13. The SMILES string of the molecule is CC(CC(F)(F)F)NC(=O)N[C@H](CO)C(=O)O. The Labute approximate surface area is 94.8 Å². The lowest BCUT2D eigenvalue weighted by Gasteiger charge is -2.18. The molecule has 0 bridgehead atoms. The van der Waals surface area contributed by atoms with Crippen LogP contribution in [0.25, 0.3) is 0 Å². The third-order valence-corrected chi connectivity index (χ3v) is 1.70. The third-order valence-electron chi connectivity index (χ3n) is 1.70. The van der Waals surface area contributed by atoms with Crippen molar-refractivity contribution in [2.45, 2.75) is 31.6 Å². The molecule has 1 unspecified atom stereocenters. The zero-order chi connectivity index (χ0) is 13.6. The molecule has 0 heterocycles. The van der Waals surface area contributed by atoms with Gasteiger partial charge in [0, 0.05) is 6.04 Å². The van der Waals surface area contributed by atoms with Crippen LogP contribution in [0.4, 0.5) is 18.0 Å². The molecule has 0 aliphatic heterocycles. The van der Waals surface area contributed by atoms with Crippen molar-refractivity contribution >= 4 is 12.0 Å². The standard InChI is InChI=1S/C8H13F3N2O4/c1-4(2-8(9,10)11)12-7(17)13-5(3-14)6(15)16/h4-5,14H,2-3H2,1H3,(H,15,16)(H2,12,13,17)/t4?,5-/m1/s1. The van der Waals surface area contributed by atoms with E-state index in [1.165, 1.54) is 0 Å². The zero-order valence-corrected chi connectivity index (χ0v) is 8.91. The predicted octanol–water partition coefficient (Wildman–Crippen LogP) is 0.0720. The predicted molar refractivity (Wildman–Crippen MR) is 50.3 cm³/mol. The van der Waals surface area contributed by atoms with Gasteiger partial charge in [0.2, 0.25) is 0 Å². The number of hydrogen-bond donors (Lipinski definition) is 4. The van der Waals surface area contributed by atoms with E-state index in [4.69, 9.17) is 10.2 Å². The maximum Gasteiger partial charge on any atom is 0.391 e. The van der Waals surface area contributed by atoms with E-state index >= 15 is 0 Å². The fourth-order valence-corrected chi connectivity index (χ4v) is 1.01. The van der Waals surface area contributed by atoms with E-state index in [1.807, 2.05) is 10.6 Å². The third kappa shape index (κ3) is 7.39. The minimum absolute atomic E-state index is 0.851. The molecule has 2 amide bonds. The number of rotatable bonds is 5. The Hall–Kier alpha value is -1.51. The highest BCUT2D eigenvalue weighted by molar-refractivity contribution is 5.82. The van der Waals surface area contributed by atoms with E-state index in [0.717, 1.165) is 6.92 Å². The number of hydrogen-bond acceptors (Lipinski definition) is 3. The van der Waals surface area contributed by atoms with Crippen molar-refractivity contribution in [3.8, 4) is 0 Å². The molecule has 0 saturated carbocycles. The molecule has 0 radical (unpaired) electrons. The quantitative estimate of drug-likeness (QED) is 0.561. The number of aliphatic hydroxyl groups excluding tert-OH is 1. The molecule has 0 aromatic carbocycles. The Morgan fingerprint density at radius 1 is 1.29 bits per heavy atom. The molecule has 100 valence electrons. The van der Waals surface area contributed by atoms with Gasteiger partial charge in [0.15, 0.2) is 6.04 Å². The molecule has 6 nitrogen and oxygen atoms in total. The molecule has 0 aromatic rings. The van der Waals surface area contributed by atoms with Gasteiger partial charge in [0.25, 0.3) is 0 Å². The summed E-state index contributed by atoms with van der Waals surface area (Å²) in [5, 5.41) is 20.8. The Morgan fingerprint density at radius 2 is 1.82 bits per heavy atom. The average molecular weight is 258 g/mol. The van der Waals surface area contributed by atoms with E-state index in [1.54, 1.807) is 0 Å². The van der Waals surface area contributed by atoms with Crippen LogP contribution in [-0.4, -0.2) is 47.1 Å². The van der Waals surface area contributed by atoms with Crippen LogP contribution >= 0.6 is 0 Å². The van der Waals surface area contributed by atoms with Crippen LogP contribution in [0.1, 0.15) is 13.3 Å². The zero-order valence-electron chi connectivity index (χ0n) is 8.91. The van der Waals surface area contributed by atoms with Crippen LogP contribution in [0, 0.1) is 0 Å². The Bertz CT molecular complexity index is 282. The molecular weight excluding hydrogens is 245 g/mol. The molecule has 0 aliphatic rings. The Kier molecular flexibility index (Phi) is 5.72. The van der Waals surface area contributed by atoms with Gasteiger partial charge in [-0.25, -0.2) is 9.59 Å². The number of alkyl halides is 3. The Morgan fingerprint density at radius 3 is 2.18 bits per heavy atom. The topological polar surface area (TPSA) is 98.7 Å². The van der Waals surface area contributed by atoms with Gasteiger partial charge in [-0.15, -0.1) is 0 Å². The molecule has 0 saturated heterocycles. The summed E-state index contributed by atoms with van der Waals surface area (Å²) in [5.74, 6) is -1.48. The summed E-state index contributed by atoms with van der Waals surface area (Å²) >= 11 is 0. The first-order chi connectivity index (χ1) is 7.65. The first-order valence-corrected chi connectivity index (χ1v) is 4.63. The molecule has 2 atom stereocenters. The molecule has 0 fully saturated rings. The van der Waals surface area contributed by atoms with E-state index in [2.05, 4.69) is 0 Å². The fraction of sp³-hybridized carbons (Fsp3) is 0.750. The fourth-order valence-electron chi connectivity index (χ4n) is 1.01. The molecule has 0 rings (SSSR count). The van der Waals surface area contributed by atoms with Gasteiger partial charge in [0.1, 0.15) is 0 Å². The first-order valence-electron chi connectivity index (χ1n) is 4.63. The van der Waals surface area contributed by atoms with Crippen molar-refractivity contribution in [2.24, 2.45) is 0 Å². The summed E-state index contributed by atoms with van der Waals surface area (Å²) in [6.45, 7) is 0.276. The largest absolute Gasteiger partial charge is 0.480 e. The molecule has 0 aromatic heterocycles. The van der Waals surface area contributed by atoms with E-state index in [0.29, 0.717) is 0 Å². The van der Waals surface area contributed by atoms with Crippen LogP contribution in [0.3, 0.4) is 0 Å². The van der Waals surface area contributed by atoms with Crippen LogP contribution in [0.2, 0.25) is 0 Å². The molecular formula is C8H13F3N2O4. The highest BCUT2D eigenvalue weighted by Gasteiger charge is 2.31. The number of halogens is 3. The summed E-state index contributed by atoms with van der Waals surface area (Å²) in [6, 6.07) is -3.82. The highest BCUT2D eigenvalue weighted by atomic mass is 19.4. The highest BCUT2D eigenvalue weighted by Crippen LogP contribution is 2.21. The van der Waals surface area contributed by atoms with Crippen molar-refractivity contribution in [1.82, 2.24) is 10.6 Å². The molecule has 4 N–H and O–H groups in total. The maximum absolute atomic E-state index is 11.9. The number of urea groups is 1. The van der Waals surface area contributed by atoms with E-state index in [-0.39, 0.29) is 0 Å². The maximum atomic E-state index is 11.9. The van der Waals surface area contributed by atoms with Crippen LogP contribution in [-0.2, 0) is 4.79 Å². The molecule has 9 heteroatoms. The number of carbonyl (C=O) groups excluding carboxylic acids is 1. The summed E-state index contributed by atoms with van der Waals surface area (Å²) in [7, 11) is 0. The average Bonchev–Trinajstić information content (AvgIpc) is 2.09. The number of carboxylic acid groups (broad SMARTS) is 1. The monoisotopic (exact) mass is 258 g/mol. The van der Waals surface area contributed by atoms with Crippen molar-refractivity contribution in [3.05, 3.63) is 0 Å². The van der Waals surface area contributed by atoms with Crippen molar-refractivity contribution in [1.29, 1.82) is 0 Å². The van der Waals surface area contributed by atoms with Gasteiger partial charge < -0.3 is 20.8 Å². The number of amides is 2. The lowest BCUT2D eigenvalue weighted by atomic mass is 10.2. The molecule has 0 aliphatic carbocycles. The van der Waals surface area contributed by atoms with Gasteiger partial charge >= 0.3 is 18.2 Å². The van der Waals surface area contributed by atoms with Gasteiger partial charge in [-0.05, 0) is 6.92 Å². The van der Waals surface area contributed by atoms with Crippen LogP contribution < -0.4 is 10.6 Å². The number of aliphatic carboxylic acids is 1. The van der Waals surface area contributed by atoms with Crippen LogP contribution in [0.5, 0.6) is 0 Å². The van der Waals surface area contributed by atoms with Crippen LogP contribution in [0.15, 0.2) is 0 Å². The normalized spacial score (nSPS) is 14.9. The first kappa shape index (κ1) is 15.5. The lowest BCUT2D eigenvalue weighted by molar-refractivity contribution is -0.141. The van der Waals surface area contributed by atoms with Gasteiger partial charge in [-0.1, -0.05) is 0 Å². The van der Waals surface area contributed by atoms with E-state index < -0.39 is 43.3 Å². The van der Waals surface area contributed by atoms with Gasteiger partial charge in [-0.3, -0.25) is 0 Å². The van der Waals surface area contributed by atoms with Gasteiger partial charge in [-0.2, -0.15) is 13.2 Å². The second-order valence-electron chi connectivity index (χ2n) is 3.41. The van der Waals surface area contributed by atoms with Crippen molar-refractivity contribution in [2.75, 3.05) is 6.61 Å². The number of nitrogens with one attached hydrogen (secondary N) is 2. The summed E-state index contributed by atoms with van der Waals surface area (Å²) in [6.07, 6.45) is -5.65. The molecule has 0 spiro atoms. The van der Waals surface area contributed by atoms with E-state index in [9.17, 15) is 22.8 Å². The number of carbonyl (C=O) groups is 2. The lowest BCUT2D eigenvalue weighted by Crippen LogP contribution is -2.50.